The van der Waals surface area contributed by atoms with E-state index in [1.54, 1.807) is 20.8 Å². The number of carbonyl (C=O) groups is 2. The van der Waals surface area contributed by atoms with Gasteiger partial charge < -0.3 is 10.8 Å². The molecule has 0 rings (SSSR count). The zero-order valence-corrected chi connectivity index (χ0v) is 10.7. The lowest BCUT2D eigenvalue weighted by atomic mass is 10.1. The Morgan fingerprint density at radius 1 is 1.29 bits per heavy atom. The Morgan fingerprint density at radius 2 is 1.76 bits per heavy atom. The van der Waals surface area contributed by atoms with E-state index >= 15 is 0 Å². The van der Waals surface area contributed by atoms with Gasteiger partial charge in [0.1, 0.15) is 6.54 Å². The predicted octanol–water partition coefficient (Wildman–Crippen LogP) is -1.51. The second-order valence-corrected chi connectivity index (χ2v) is 6.16. The maximum absolute atomic E-state index is 11.8. The number of carboxylic acids is 1. The summed E-state index contributed by atoms with van der Waals surface area (Å²) in [4.78, 5) is 21.2. The molecule has 9 heteroatoms. The van der Waals surface area contributed by atoms with E-state index < -0.39 is 40.7 Å². The van der Waals surface area contributed by atoms with E-state index in [1.165, 1.54) is 0 Å². The summed E-state index contributed by atoms with van der Waals surface area (Å²) in [5, 5.41) is 8.57. The van der Waals surface area contributed by atoms with Crippen LogP contribution in [0.3, 0.4) is 0 Å². The van der Waals surface area contributed by atoms with Crippen molar-refractivity contribution < 1.29 is 23.1 Å². The SMILES string of the molecule is CC(C)(C)NS(=O)(=O)N(CC(N)=O)CC(=O)O. The summed E-state index contributed by atoms with van der Waals surface area (Å²) < 4.78 is 26.2. The lowest BCUT2D eigenvalue weighted by Crippen LogP contribution is -2.52. The molecule has 0 heterocycles. The van der Waals surface area contributed by atoms with Gasteiger partial charge in [0.15, 0.2) is 0 Å². The zero-order valence-electron chi connectivity index (χ0n) is 9.93. The fourth-order valence-corrected chi connectivity index (χ4v) is 2.48. The van der Waals surface area contributed by atoms with Crippen molar-refractivity contribution in [2.75, 3.05) is 13.1 Å². The van der Waals surface area contributed by atoms with Gasteiger partial charge in [0.05, 0.1) is 6.54 Å². The smallest absolute Gasteiger partial charge is 0.318 e. The van der Waals surface area contributed by atoms with Crippen molar-refractivity contribution in [3.8, 4) is 0 Å². The van der Waals surface area contributed by atoms with Gasteiger partial charge in [-0.2, -0.15) is 17.4 Å². The van der Waals surface area contributed by atoms with Crippen LogP contribution in [0.2, 0.25) is 0 Å². The average molecular weight is 267 g/mol. The normalized spacial score (nSPS) is 12.7. The highest BCUT2D eigenvalue weighted by molar-refractivity contribution is 7.87. The van der Waals surface area contributed by atoms with Crippen molar-refractivity contribution in [2.45, 2.75) is 26.3 Å². The second-order valence-electron chi connectivity index (χ2n) is 4.49. The lowest BCUT2D eigenvalue weighted by Gasteiger charge is -2.26. The van der Waals surface area contributed by atoms with Crippen LogP contribution >= 0.6 is 0 Å². The van der Waals surface area contributed by atoms with Crippen LogP contribution in [0.25, 0.3) is 0 Å². The van der Waals surface area contributed by atoms with Crippen molar-refractivity contribution >= 4 is 22.1 Å². The maximum Gasteiger partial charge on any atom is 0.318 e. The summed E-state index contributed by atoms with van der Waals surface area (Å²) >= 11 is 0. The van der Waals surface area contributed by atoms with E-state index in [0.29, 0.717) is 4.31 Å². The summed E-state index contributed by atoms with van der Waals surface area (Å²) in [6, 6.07) is 0. The summed E-state index contributed by atoms with van der Waals surface area (Å²) in [6.07, 6.45) is 0. The van der Waals surface area contributed by atoms with Crippen LogP contribution in [0.1, 0.15) is 20.8 Å². The summed E-state index contributed by atoms with van der Waals surface area (Å²) in [5.41, 5.74) is 4.08. The van der Waals surface area contributed by atoms with E-state index in [4.69, 9.17) is 10.8 Å². The number of nitrogens with zero attached hydrogens (tertiary/aromatic N) is 1. The van der Waals surface area contributed by atoms with Gasteiger partial charge in [-0.25, -0.2) is 0 Å². The molecule has 4 N–H and O–H groups in total. The molecule has 0 aromatic rings. The molecule has 0 spiro atoms. The van der Waals surface area contributed by atoms with Crippen LogP contribution in [0.5, 0.6) is 0 Å². The van der Waals surface area contributed by atoms with Gasteiger partial charge in [-0.3, -0.25) is 9.59 Å². The molecule has 100 valence electrons. The van der Waals surface area contributed by atoms with Gasteiger partial charge in [0.2, 0.25) is 5.91 Å². The first-order chi connectivity index (χ1) is 7.44. The minimum absolute atomic E-state index is 0.475. The first-order valence-corrected chi connectivity index (χ1v) is 6.17. The molecule has 8 nitrogen and oxygen atoms in total. The number of hydrogen-bond donors (Lipinski definition) is 3. The Labute approximate surface area is 100.0 Å². The largest absolute Gasteiger partial charge is 0.480 e. The minimum atomic E-state index is -4.07. The van der Waals surface area contributed by atoms with Crippen molar-refractivity contribution in [1.82, 2.24) is 9.03 Å². The summed E-state index contributed by atoms with van der Waals surface area (Å²) in [6.45, 7) is 3.27. The van der Waals surface area contributed by atoms with Crippen molar-refractivity contribution in [2.24, 2.45) is 5.73 Å². The number of rotatable bonds is 6. The third-order valence-electron chi connectivity index (χ3n) is 1.42. The van der Waals surface area contributed by atoms with Crippen molar-refractivity contribution in [1.29, 1.82) is 0 Å². The molecule has 0 saturated heterocycles. The molecular weight excluding hydrogens is 250 g/mol. The number of hydrogen-bond acceptors (Lipinski definition) is 4. The first-order valence-electron chi connectivity index (χ1n) is 4.73. The third kappa shape index (κ3) is 6.87. The minimum Gasteiger partial charge on any atom is -0.480 e. The quantitative estimate of drug-likeness (QED) is 0.538. The molecular formula is C8H17N3O5S. The molecule has 0 aromatic heterocycles. The molecule has 0 unspecified atom stereocenters. The van der Waals surface area contributed by atoms with Gasteiger partial charge in [0.25, 0.3) is 10.2 Å². The van der Waals surface area contributed by atoms with E-state index in [2.05, 4.69) is 4.72 Å². The number of aliphatic carboxylic acids is 1. The average Bonchev–Trinajstić information content (AvgIpc) is 1.95. The number of carboxylic acid groups (broad SMARTS) is 1. The molecule has 0 bridgehead atoms. The molecule has 0 aliphatic carbocycles. The van der Waals surface area contributed by atoms with Gasteiger partial charge in [-0.1, -0.05) is 0 Å². The summed E-state index contributed by atoms with van der Waals surface area (Å²) in [5.74, 6) is -2.30. The topological polar surface area (TPSA) is 130 Å². The van der Waals surface area contributed by atoms with Crippen LogP contribution < -0.4 is 10.5 Å². The Morgan fingerprint density at radius 3 is 2.06 bits per heavy atom. The van der Waals surface area contributed by atoms with Crippen LogP contribution in [-0.2, 0) is 19.8 Å². The van der Waals surface area contributed by atoms with Gasteiger partial charge in [-0.05, 0) is 20.8 Å². The fraction of sp³-hybridized carbons (Fsp3) is 0.750. The van der Waals surface area contributed by atoms with Crippen LogP contribution in [0, 0.1) is 0 Å². The van der Waals surface area contributed by atoms with Crippen LogP contribution in [-0.4, -0.2) is 48.3 Å². The number of amides is 1. The third-order valence-corrected chi connectivity index (χ3v) is 3.23. The van der Waals surface area contributed by atoms with E-state index in [0.717, 1.165) is 0 Å². The summed E-state index contributed by atoms with van der Waals surface area (Å²) in [7, 11) is -4.07. The molecule has 1 amide bonds. The standard InChI is InChI=1S/C8H17N3O5S/c1-8(2,3)10-17(15,16)11(4-6(9)12)5-7(13)14/h10H,4-5H2,1-3H3,(H2,9,12)(H,13,14). The highest BCUT2D eigenvalue weighted by atomic mass is 32.2. The zero-order chi connectivity index (χ0) is 13.9. The number of nitrogens with one attached hydrogen (secondary N) is 1. The molecule has 0 fully saturated rings. The van der Waals surface area contributed by atoms with Crippen LogP contribution in [0.4, 0.5) is 0 Å². The molecule has 0 aliphatic heterocycles. The Bertz CT molecular complexity index is 382. The second kappa shape index (κ2) is 5.43. The molecule has 0 aliphatic rings. The van der Waals surface area contributed by atoms with Gasteiger partial charge in [-0.15, -0.1) is 0 Å². The van der Waals surface area contributed by atoms with Gasteiger partial charge >= 0.3 is 5.97 Å². The molecule has 0 aromatic carbocycles. The fourth-order valence-electron chi connectivity index (χ4n) is 1.00. The highest BCUT2D eigenvalue weighted by Gasteiger charge is 2.29. The van der Waals surface area contributed by atoms with Crippen molar-refractivity contribution in [3.63, 3.8) is 0 Å². The monoisotopic (exact) mass is 267 g/mol. The molecule has 0 radical (unpaired) electrons. The Hall–Kier alpha value is -1.19. The number of carbonyl (C=O) groups excluding carboxylic acids is 1. The number of primary amides is 1. The molecule has 0 saturated carbocycles. The van der Waals surface area contributed by atoms with E-state index in [9.17, 15) is 18.0 Å². The van der Waals surface area contributed by atoms with Crippen molar-refractivity contribution in [3.05, 3.63) is 0 Å². The molecule has 0 atom stereocenters. The maximum atomic E-state index is 11.8. The number of nitrogens with two attached hydrogens (primary N) is 1. The predicted molar refractivity (Wildman–Crippen MR) is 60.2 cm³/mol. The van der Waals surface area contributed by atoms with E-state index in [-0.39, 0.29) is 0 Å². The van der Waals surface area contributed by atoms with E-state index in [1.807, 2.05) is 0 Å². The Kier molecular flexibility index (Phi) is 5.05. The molecule has 17 heavy (non-hydrogen) atoms. The van der Waals surface area contributed by atoms with Gasteiger partial charge in [0, 0.05) is 5.54 Å². The Balaban J connectivity index is 5.02. The van der Waals surface area contributed by atoms with Crippen LogP contribution in [0.15, 0.2) is 0 Å². The highest BCUT2D eigenvalue weighted by Crippen LogP contribution is 2.06. The lowest BCUT2D eigenvalue weighted by molar-refractivity contribution is -0.137. The first kappa shape index (κ1) is 15.8.